The molecule has 0 bridgehead atoms. The van der Waals surface area contributed by atoms with Gasteiger partial charge in [-0.05, 0) is 26.0 Å². The molecule has 3 aromatic rings. The fraction of sp³-hybridized carbons (Fsp3) is 0.214. The quantitative estimate of drug-likeness (QED) is 0.769. The predicted octanol–water partition coefficient (Wildman–Crippen LogP) is 1.73. The van der Waals surface area contributed by atoms with Gasteiger partial charge < -0.3 is 9.72 Å². The van der Waals surface area contributed by atoms with E-state index < -0.39 is 0 Å². The van der Waals surface area contributed by atoms with Crippen LogP contribution in [-0.4, -0.2) is 26.6 Å². The van der Waals surface area contributed by atoms with E-state index in [0.717, 1.165) is 5.69 Å². The van der Waals surface area contributed by atoms with Crippen molar-refractivity contribution < 1.29 is 4.74 Å². The summed E-state index contributed by atoms with van der Waals surface area (Å²) in [6, 6.07) is 7.49. The summed E-state index contributed by atoms with van der Waals surface area (Å²) in [5, 5.41) is 0. The number of aromatic nitrogens is 4. The van der Waals surface area contributed by atoms with Gasteiger partial charge in [-0.15, -0.1) is 0 Å². The van der Waals surface area contributed by atoms with Crippen LogP contribution in [0.4, 0.5) is 0 Å². The first-order valence-electron chi connectivity index (χ1n) is 6.21. The van der Waals surface area contributed by atoms with Gasteiger partial charge in [0.05, 0.1) is 12.8 Å². The molecule has 0 aliphatic carbocycles. The van der Waals surface area contributed by atoms with Gasteiger partial charge in [0.2, 0.25) is 0 Å². The van der Waals surface area contributed by atoms with Gasteiger partial charge >= 0.3 is 0 Å². The molecular formula is C14H14N4O2. The summed E-state index contributed by atoms with van der Waals surface area (Å²) in [5.41, 5.74) is 1.43. The van der Waals surface area contributed by atoms with Crippen LogP contribution in [0.3, 0.4) is 0 Å². The maximum atomic E-state index is 12.2. The standard InChI is InChI=1S/C14H14N4O2/c1-8-15-13-12(14(19)16-8)18(9(2)17-13)10-6-4-5-7-11(10)20-3/h4-7H,1-3H3,(H,15,16,19). The van der Waals surface area contributed by atoms with E-state index in [2.05, 4.69) is 15.0 Å². The molecule has 0 saturated heterocycles. The van der Waals surface area contributed by atoms with Crippen molar-refractivity contribution >= 4 is 11.2 Å². The van der Waals surface area contributed by atoms with Gasteiger partial charge in [0, 0.05) is 0 Å². The largest absolute Gasteiger partial charge is 0.495 e. The average molecular weight is 270 g/mol. The number of nitrogens with one attached hydrogen (secondary N) is 1. The van der Waals surface area contributed by atoms with Crippen molar-refractivity contribution in [3.8, 4) is 11.4 Å². The summed E-state index contributed by atoms with van der Waals surface area (Å²) in [6.45, 7) is 3.57. The first-order valence-corrected chi connectivity index (χ1v) is 6.21. The Morgan fingerprint density at radius 1 is 1.20 bits per heavy atom. The van der Waals surface area contributed by atoms with Crippen LogP contribution >= 0.6 is 0 Å². The highest BCUT2D eigenvalue weighted by Gasteiger charge is 2.16. The minimum atomic E-state index is -0.209. The number of methoxy groups -OCH3 is 1. The first-order chi connectivity index (χ1) is 9.61. The molecule has 2 heterocycles. The Balaban J connectivity index is 2.42. The van der Waals surface area contributed by atoms with E-state index in [9.17, 15) is 4.79 Å². The number of rotatable bonds is 2. The minimum Gasteiger partial charge on any atom is -0.495 e. The molecule has 1 aromatic carbocycles. The van der Waals surface area contributed by atoms with E-state index in [4.69, 9.17) is 4.74 Å². The zero-order chi connectivity index (χ0) is 14.3. The van der Waals surface area contributed by atoms with Crippen LogP contribution in [0.5, 0.6) is 5.75 Å². The Morgan fingerprint density at radius 2 is 1.95 bits per heavy atom. The lowest BCUT2D eigenvalue weighted by molar-refractivity contribution is 0.413. The lowest BCUT2D eigenvalue weighted by atomic mass is 10.3. The lowest BCUT2D eigenvalue weighted by Gasteiger charge is -2.10. The molecule has 3 rings (SSSR count). The molecule has 0 radical (unpaired) electrons. The highest BCUT2D eigenvalue weighted by Crippen LogP contribution is 2.25. The molecule has 0 spiro atoms. The number of aromatic amines is 1. The number of para-hydroxylation sites is 2. The van der Waals surface area contributed by atoms with Crippen molar-refractivity contribution in [3.05, 3.63) is 46.3 Å². The van der Waals surface area contributed by atoms with Crippen LogP contribution < -0.4 is 10.3 Å². The predicted molar refractivity (Wildman–Crippen MR) is 75.5 cm³/mol. The molecular weight excluding hydrogens is 256 g/mol. The molecule has 0 fully saturated rings. The van der Waals surface area contributed by atoms with Crippen LogP contribution in [0.2, 0.25) is 0 Å². The number of ether oxygens (including phenoxy) is 1. The number of aryl methyl sites for hydroxylation is 2. The molecule has 0 aliphatic heterocycles. The smallest absolute Gasteiger partial charge is 0.277 e. The van der Waals surface area contributed by atoms with Crippen LogP contribution in [-0.2, 0) is 0 Å². The van der Waals surface area contributed by atoms with Gasteiger partial charge in [0.1, 0.15) is 17.4 Å². The van der Waals surface area contributed by atoms with Gasteiger partial charge in [-0.1, -0.05) is 12.1 Å². The van der Waals surface area contributed by atoms with Crippen LogP contribution in [0.1, 0.15) is 11.6 Å². The molecule has 2 aromatic heterocycles. The number of fused-ring (bicyclic) bond motifs is 1. The van der Waals surface area contributed by atoms with Gasteiger partial charge in [-0.25, -0.2) is 9.97 Å². The van der Waals surface area contributed by atoms with E-state index in [1.807, 2.05) is 31.2 Å². The zero-order valence-electron chi connectivity index (χ0n) is 11.5. The first kappa shape index (κ1) is 12.4. The van der Waals surface area contributed by atoms with Crippen molar-refractivity contribution in [2.24, 2.45) is 0 Å². The molecule has 0 atom stereocenters. The number of nitrogens with zero attached hydrogens (tertiary/aromatic N) is 3. The average Bonchev–Trinajstić information content (AvgIpc) is 2.74. The Morgan fingerprint density at radius 3 is 2.70 bits per heavy atom. The molecule has 20 heavy (non-hydrogen) atoms. The second kappa shape index (κ2) is 4.48. The maximum Gasteiger partial charge on any atom is 0.277 e. The van der Waals surface area contributed by atoms with Crippen molar-refractivity contribution in [2.45, 2.75) is 13.8 Å². The van der Waals surface area contributed by atoms with Crippen molar-refractivity contribution in [3.63, 3.8) is 0 Å². The molecule has 1 N–H and O–H groups in total. The lowest BCUT2D eigenvalue weighted by Crippen LogP contribution is -2.13. The third-order valence-electron chi connectivity index (χ3n) is 3.14. The van der Waals surface area contributed by atoms with E-state index in [-0.39, 0.29) is 5.56 Å². The summed E-state index contributed by atoms with van der Waals surface area (Å²) in [5.74, 6) is 1.91. The van der Waals surface area contributed by atoms with Gasteiger partial charge in [-0.3, -0.25) is 9.36 Å². The number of imidazole rings is 1. The number of hydrogen-bond donors (Lipinski definition) is 1. The molecule has 6 nitrogen and oxygen atoms in total. The zero-order valence-corrected chi connectivity index (χ0v) is 11.5. The van der Waals surface area contributed by atoms with Gasteiger partial charge in [0.25, 0.3) is 5.56 Å². The van der Waals surface area contributed by atoms with Gasteiger partial charge in [0.15, 0.2) is 11.2 Å². The fourth-order valence-electron chi connectivity index (χ4n) is 2.32. The number of benzene rings is 1. The van der Waals surface area contributed by atoms with Crippen LogP contribution in [0.25, 0.3) is 16.9 Å². The normalized spacial score (nSPS) is 10.9. The highest BCUT2D eigenvalue weighted by atomic mass is 16.5. The van der Waals surface area contributed by atoms with E-state index in [1.165, 1.54) is 0 Å². The maximum absolute atomic E-state index is 12.2. The molecule has 6 heteroatoms. The summed E-state index contributed by atoms with van der Waals surface area (Å²) in [7, 11) is 1.60. The van der Waals surface area contributed by atoms with E-state index in [0.29, 0.717) is 28.6 Å². The summed E-state index contributed by atoms with van der Waals surface area (Å²) >= 11 is 0. The van der Waals surface area contributed by atoms with E-state index >= 15 is 0 Å². The molecule has 0 aliphatic rings. The minimum absolute atomic E-state index is 0.209. The molecule has 0 saturated carbocycles. The molecule has 102 valence electrons. The second-order valence-corrected chi connectivity index (χ2v) is 4.49. The van der Waals surface area contributed by atoms with Crippen LogP contribution in [0, 0.1) is 13.8 Å². The monoisotopic (exact) mass is 270 g/mol. The van der Waals surface area contributed by atoms with Crippen LogP contribution in [0.15, 0.2) is 29.1 Å². The molecule has 0 amide bonds. The summed E-state index contributed by atoms with van der Waals surface area (Å²) in [4.78, 5) is 23.5. The van der Waals surface area contributed by atoms with Gasteiger partial charge in [-0.2, -0.15) is 0 Å². The Bertz CT molecular complexity index is 848. The number of H-pyrrole nitrogens is 1. The Labute approximate surface area is 115 Å². The third-order valence-corrected chi connectivity index (χ3v) is 3.14. The van der Waals surface area contributed by atoms with E-state index in [1.54, 1.807) is 18.6 Å². The highest BCUT2D eigenvalue weighted by molar-refractivity contribution is 5.74. The van der Waals surface area contributed by atoms with Crippen molar-refractivity contribution in [2.75, 3.05) is 7.11 Å². The SMILES string of the molecule is COc1ccccc1-n1c(C)nc2nc(C)[nH]c(=O)c21. The number of hydrogen-bond acceptors (Lipinski definition) is 4. The summed E-state index contributed by atoms with van der Waals surface area (Å²) < 4.78 is 7.12. The Kier molecular flexibility index (Phi) is 2.78. The van der Waals surface area contributed by atoms with Crippen molar-refractivity contribution in [1.29, 1.82) is 0 Å². The third kappa shape index (κ3) is 1.77. The molecule has 0 unspecified atom stereocenters. The fourth-order valence-corrected chi connectivity index (χ4v) is 2.32. The topological polar surface area (TPSA) is 72.8 Å². The summed E-state index contributed by atoms with van der Waals surface area (Å²) in [6.07, 6.45) is 0. The second-order valence-electron chi connectivity index (χ2n) is 4.49. The van der Waals surface area contributed by atoms with Crippen molar-refractivity contribution in [1.82, 2.24) is 19.5 Å². The Hall–Kier alpha value is -2.63.